The van der Waals surface area contributed by atoms with Crippen LogP contribution >= 0.6 is 0 Å². The van der Waals surface area contributed by atoms with E-state index in [0.29, 0.717) is 17.6 Å². The summed E-state index contributed by atoms with van der Waals surface area (Å²) in [4.78, 5) is 11.3. The van der Waals surface area contributed by atoms with Crippen LogP contribution < -0.4 is 5.32 Å². The van der Waals surface area contributed by atoms with Crippen LogP contribution in [0.3, 0.4) is 0 Å². The highest BCUT2D eigenvalue weighted by Crippen LogP contribution is 2.32. The van der Waals surface area contributed by atoms with Crippen molar-refractivity contribution in [2.75, 3.05) is 13.1 Å². The Morgan fingerprint density at radius 3 is 2.73 bits per heavy atom. The number of hydrogen-bond acceptors (Lipinski definition) is 2. The van der Waals surface area contributed by atoms with Crippen LogP contribution in [0.2, 0.25) is 0 Å². The lowest BCUT2D eigenvalue weighted by molar-refractivity contribution is -0.117. The van der Waals surface area contributed by atoms with Crippen molar-refractivity contribution in [3.8, 4) is 0 Å². The molecule has 0 unspecified atom stereocenters. The summed E-state index contributed by atoms with van der Waals surface area (Å²) in [7, 11) is 0. The van der Waals surface area contributed by atoms with Crippen LogP contribution in [0.1, 0.15) is 19.3 Å². The van der Waals surface area contributed by atoms with Crippen molar-refractivity contribution in [2.45, 2.75) is 19.3 Å². The molecule has 0 aromatic carbocycles. The third-order valence-electron chi connectivity index (χ3n) is 2.48. The molecule has 0 spiro atoms. The third-order valence-corrected chi connectivity index (χ3v) is 2.48. The van der Waals surface area contributed by atoms with Crippen molar-refractivity contribution in [1.29, 1.82) is 0 Å². The van der Waals surface area contributed by atoms with Crippen LogP contribution in [0.25, 0.3) is 0 Å². The molecule has 2 fully saturated rings. The summed E-state index contributed by atoms with van der Waals surface area (Å²) < 4.78 is 0. The Balaban J connectivity index is 1.74. The Bertz CT molecular complexity index is 157. The first kappa shape index (κ1) is 7.29. The van der Waals surface area contributed by atoms with E-state index in [4.69, 9.17) is 0 Å². The predicted molar refractivity (Wildman–Crippen MR) is 43.0 cm³/mol. The van der Waals surface area contributed by atoms with Gasteiger partial charge in [-0.05, 0) is 38.3 Å². The van der Waals surface area contributed by atoms with E-state index in [0.717, 1.165) is 32.4 Å². The van der Waals surface area contributed by atoms with Crippen LogP contribution in [0, 0.1) is 18.3 Å². The standard InChI is InChI=1S/C9H14NO/c11-9(8-1-2-8)5-7-3-4-10-6-7/h5,7-8,10H,1-4,6H2/t7-/m1/s1. The summed E-state index contributed by atoms with van der Waals surface area (Å²) in [5.41, 5.74) is 0. The number of carbonyl (C=O) groups excluding carboxylic acids is 1. The van der Waals surface area contributed by atoms with Gasteiger partial charge in [0.2, 0.25) is 0 Å². The summed E-state index contributed by atoms with van der Waals surface area (Å²) in [5.74, 6) is 1.34. The fourth-order valence-electron chi connectivity index (χ4n) is 1.56. The van der Waals surface area contributed by atoms with Gasteiger partial charge in [0.1, 0.15) is 5.78 Å². The molecule has 0 aromatic rings. The van der Waals surface area contributed by atoms with E-state index in [1.165, 1.54) is 0 Å². The first-order valence-corrected chi connectivity index (χ1v) is 4.45. The summed E-state index contributed by atoms with van der Waals surface area (Å²) in [6.07, 6.45) is 5.36. The van der Waals surface area contributed by atoms with Crippen LogP contribution in [0.5, 0.6) is 0 Å². The van der Waals surface area contributed by atoms with Gasteiger partial charge in [-0.2, -0.15) is 0 Å². The third kappa shape index (κ3) is 1.80. The topological polar surface area (TPSA) is 29.1 Å². The van der Waals surface area contributed by atoms with Gasteiger partial charge in [-0.1, -0.05) is 0 Å². The second kappa shape index (κ2) is 2.94. The maximum Gasteiger partial charge on any atom is 0.140 e. The first-order valence-electron chi connectivity index (χ1n) is 4.45. The molecule has 1 aliphatic heterocycles. The SMILES string of the molecule is O=C([CH][C@H]1CCNC1)C1CC1. The summed E-state index contributed by atoms with van der Waals surface area (Å²) in [6.45, 7) is 2.09. The molecular formula is C9H14NO. The Morgan fingerprint density at radius 2 is 2.18 bits per heavy atom. The maximum absolute atomic E-state index is 11.3. The second-order valence-electron chi connectivity index (χ2n) is 3.60. The van der Waals surface area contributed by atoms with Crippen molar-refractivity contribution in [2.24, 2.45) is 11.8 Å². The monoisotopic (exact) mass is 152 g/mol. The average Bonchev–Trinajstić information content (AvgIpc) is 2.73. The molecule has 1 atom stereocenters. The minimum atomic E-state index is 0.402. The highest BCUT2D eigenvalue weighted by molar-refractivity contribution is 5.91. The van der Waals surface area contributed by atoms with Crippen LogP contribution in [0.4, 0.5) is 0 Å². The smallest absolute Gasteiger partial charge is 0.140 e. The molecule has 1 saturated carbocycles. The fourth-order valence-corrected chi connectivity index (χ4v) is 1.56. The minimum absolute atomic E-state index is 0.402. The lowest BCUT2D eigenvalue weighted by Gasteiger charge is -2.04. The van der Waals surface area contributed by atoms with Crippen LogP contribution in [-0.2, 0) is 4.79 Å². The van der Waals surface area contributed by atoms with E-state index >= 15 is 0 Å². The summed E-state index contributed by atoms with van der Waals surface area (Å²) in [6, 6.07) is 0. The Morgan fingerprint density at radius 1 is 1.36 bits per heavy atom. The van der Waals surface area contributed by atoms with Crippen molar-refractivity contribution in [3.63, 3.8) is 0 Å². The summed E-state index contributed by atoms with van der Waals surface area (Å²) >= 11 is 0. The normalized spacial score (nSPS) is 30.7. The van der Waals surface area contributed by atoms with Gasteiger partial charge in [0.05, 0.1) is 0 Å². The lowest BCUT2D eigenvalue weighted by Crippen LogP contribution is -2.14. The van der Waals surface area contributed by atoms with Gasteiger partial charge >= 0.3 is 0 Å². The van der Waals surface area contributed by atoms with Gasteiger partial charge < -0.3 is 5.32 Å². The lowest BCUT2D eigenvalue weighted by atomic mass is 10.00. The molecular weight excluding hydrogens is 138 g/mol. The highest BCUT2D eigenvalue weighted by atomic mass is 16.1. The Labute approximate surface area is 67.4 Å². The zero-order valence-corrected chi connectivity index (χ0v) is 6.68. The number of Topliss-reactive ketones (excluding diaryl/α,β-unsaturated/α-hetero) is 1. The van der Waals surface area contributed by atoms with E-state index in [-0.39, 0.29) is 0 Å². The average molecular weight is 152 g/mol. The Kier molecular flexibility index (Phi) is 1.95. The number of rotatable bonds is 3. The van der Waals surface area contributed by atoms with Gasteiger partial charge in [0.15, 0.2) is 0 Å². The second-order valence-corrected chi connectivity index (χ2v) is 3.60. The highest BCUT2D eigenvalue weighted by Gasteiger charge is 2.31. The van der Waals surface area contributed by atoms with E-state index in [2.05, 4.69) is 5.32 Å². The fraction of sp³-hybridized carbons (Fsp3) is 0.778. The molecule has 61 valence electrons. The molecule has 2 rings (SSSR count). The van der Waals surface area contributed by atoms with Crippen molar-refractivity contribution < 1.29 is 4.79 Å². The van der Waals surface area contributed by atoms with Gasteiger partial charge in [-0.25, -0.2) is 0 Å². The molecule has 2 nitrogen and oxygen atoms in total. The van der Waals surface area contributed by atoms with Crippen LogP contribution in [0.15, 0.2) is 0 Å². The van der Waals surface area contributed by atoms with Crippen molar-refractivity contribution in [1.82, 2.24) is 5.32 Å². The predicted octanol–water partition coefficient (Wildman–Crippen LogP) is 0.779. The number of nitrogens with one attached hydrogen (secondary N) is 1. The molecule has 0 aromatic heterocycles. The molecule has 1 radical (unpaired) electrons. The van der Waals surface area contributed by atoms with Gasteiger partial charge in [-0.15, -0.1) is 0 Å². The zero-order valence-electron chi connectivity index (χ0n) is 6.68. The molecule has 1 heterocycles. The Hall–Kier alpha value is -0.370. The molecule has 1 N–H and O–H groups in total. The molecule has 0 bridgehead atoms. The van der Waals surface area contributed by atoms with E-state index < -0.39 is 0 Å². The van der Waals surface area contributed by atoms with Crippen molar-refractivity contribution >= 4 is 5.78 Å². The van der Waals surface area contributed by atoms with E-state index in [9.17, 15) is 4.79 Å². The molecule has 11 heavy (non-hydrogen) atoms. The number of hydrogen-bond donors (Lipinski definition) is 1. The molecule has 1 saturated heterocycles. The largest absolute Gasteiger partial charge is 0.316 e. The maximum atomic E-state index is 11.3. The summed E-state index contributed by atoms with van der Waals surface area (Å²) in [5, 5.41) is 3.25. The van der Waals surface area contributed by atoms with E-state index in [1.807, 2.05) is 6.42 Å². The van der Waals surface area contributed by atoms with Crippen molar-refractivity contribution in [3.05, 3.63) is 6.42 Å². The molecule has 2 heteroatoms. The molecule has 0 amide bonds. The van der Waals surface area contributed by atoms with Crippen LogP contribution in [-0.4, -0.2) is 18.9 Å². The number of carbonyl (C=O) groups is 1. The van der Waals surface area contributed by atoms with Gasteiger partial charge in [0, 0.05) is 12.3 Å². The first-order chi connectivity index (χ1) is 5.36. The van der Waals surface area contributed by atoms with E-state index in [1.54, 1.807) is 0 Å². The molecule has 2 aliphatic rings. The van der Waals surface area contributed by atoms with Gasteiger partial charge in [-0.3, -0.25) is 4.79 Å². The molecule has 1 aliphatic carbocycles. The zero-order chi connectivity index (χ0) is 7.68. The van der Waals surface area contributed by atoms with Gasteiger partial charge in [0.25, 0.3) is 0 Å². The number of ketones is 1. The minimum Gasteiger partial charge on any atom is -0.316 e. The quantitative estimate of drug-likeness (QED) is 0.647.